The van der Waals surface area contributed by atoms with Crippen molar-refractivity contribution in [2.45, 2.75) is 17.4 Å². The summed E-state index contributed by atoms with van der Waals surface area (Å²) in [6.45, 7) is 0. The highest BCUT2D eigenvalue weighted by molar-refractivity contribution is 7.98. The van der Waals surface area contributed by atoms with Crippen molar-refractivity contribution in [2.75, 3.05) is 12.0 Å². The Kier molecular flexibility index (Phi) is 5.64. The van der Waals surface area contributed by atoms with E-state index in [4.69, 9.17) is 5.73 Å². The number of amides is 1. The SMILES string of the molecule is CSCC[C@H](N)C(=O)NS(=O)(=O)c1ccccc1. The number of rotatable bonds is 6. The molecule has 7 heteroatoms. The number of nitrogens with two attached hydrogens (primary N) is 1. The van der Waals surface area contributed by atoms with E-state index in [9.17, 15) is 13.2 Å². The van der Waals surface area contributed by atoms with Gasteiger partial charge >= 0.3 is 0 Å². The van der Waals surface area contributed by atoms with Crippen LogP contribution in [0.25, 0.3) is 0 Å². The highest BCUT2D eigenvalue weighted by Crippen LogP contribution is 2.07. The van der Waals surface area contributed by atoms with E-state index in [-0.39, 0.29) is 4.90 Å². The lowest BCUT2D eigenvalue weighted by molar-refractivity contribution is -0.120. The molecule has 0 aromatic heterocycles. The zero-order valence-corrected chi connectivity index (χ0v) is 11.6. The molecule has 0 heterocycles. The van der Waals surface area contributed by atoms with Crippen molar-refractivity contribution < 1.29 is 13.2 Å². The molecule has 18 heavy (non-hydrogen) atoms. The highest BCUT2D eigenvalue weighted by atomic mass is 32.2. The molecule has 1 rings (SSSR count). The summed E-state index contributed by atoms with van der Waals surface area (Å²) in [6.07, 6.45) is 2.34. The Morgan fingerprint density at radius 1 is 1.39 bits per heavy atom. The molecule has 1 aromatic carbocycles. The molecule has 0 radical (unpaired) electrons. The number of hydrogen-bond acceptors (Lipinski definition) is 5. The van der Waals surface area contributed by atoms with E-state index in [0.29, 0.717) is 12.2 Å². The minimum Gasteiger partial charge on any atom is -0.320 e. The molecule has 0 saturated heterocycles. The van der Waals surface area contributed by atoms with E-state index in [1.54, 1.807) is 30.0 Å². The van der Waals surface area contributed by atoms with Gasteiger partial charge in [0, 0.05) is 0 Å². The van der Waals surface area contributed by atoms with Crippen LogP contribution in [-0.2, 0) is 14.8 Å². The van der Waals surface area contributed by atoms with E-state index < -0.39 is 22.0 Å². The number of carbonyl (C=O) groups excluding carboxylic acids is 1. The maximum absolute atomic E-state index is 11.8. The lowest BCUT2D eigenvalue weighted by Crippen LogP contribution is -2.43. The largest absolute Gasteiger partial charge is 0.320 e. The van der Waals surface area contributed by atoms with Crippen LogP contribution in [0, 0.1) is 0 Å². The smallest absolute Gasteiger partial charge is 0.264 e. The first-order chi connectivity index (χ1) is 8.47. The number of nitrogens with one attached hydrogen (secondary N) is 1. The van der Waals surface area contributed by atoms with E-state index in [2.05, 4.69) is 0 Å². The lowest BCUT2D eigenvalue weighted by Gasteiger charge is -2.11. The van der Waals surface area contributed by atoms with Crippen LogP contribution in [0.1, 0.15) is 6.42 Å². The Morgan fingerprint density at radius 2 is 2.00 bits per heavy atom. The molecule has 0 bridgehead atoms. The third-order valence-electron chi connectivity index (χ3n) is 2.26. The summed E-state index contributed by atoms with van der Waals surface area (Å²) >= 11 is 1.55. The maximum Gasteiger partial charge on any atom is 0.264 e. The number of benzene rings is 1. The average molecular weight is 288 g/mol. The van der Waals surface area contributed by atoms with Gasteiger partial charge in [0.25, 0.3) is 15.9 Å². The first kappa shape index (κ1) is 15.0. The van der Waals surface area contributed by atoms with Crippen molar-refractivity contribution in [1.82, 2.24) is 4.72 Å². The molecular formula is C11H16N2O3S2. The fourth-order valence-electron chi connectivity index (χ4n) is 1.24. The van der Waals surface area contributed by atoms with Crippen molar-refractivity contribution in [3.8, 4) is 0 Å². The van der Waals surface area contributed by atoms with E-state index in [1.807, 2.05) is 11.0 Å². The minimum atomic E-state index is -3.82. The molecule has 0 unspecified atom stereocenters. The average Bonchev–Trinajstić information content (AvgIpc) is 2.36. The van der Waals surface area contributed by atoms with Crippen molar-refractivity contribution in [3.05, 3.63) is 30.3 Å². The summed E-state index contributed by atoms with van der Waals surface area (Å²) in [5.74, 6) is 0.0351. The van der Waals surface area contributed by atoms with Crippen LogP contribution in [0.2, 0.25) is 0 Å². The number of hydrogen-bond donors (Lipinski definition) is 2. The van der Waals surface area contributed by atoms with Gasteiger partial charge in [-0.1, -0.05) is 18.2 Å². The molecule has 1 amide bonds. The standard InChI is InChI=1S/C11H16N2O3S2/c1-17-8-7-10(12)11(14)13-18(15,16)9-5-3-2-4-6-9/h2-6,10H,7-8,12H2,1H3,(H,13,14)/t10-/m0/s1. The molecule has 5 nitrogen and oxygen atoms in total. The zero-order valence-electron chi connectivity index (χ0n) is 10.00. The Labute approximate surface area is 111 Å². The fraction of sp³-hybridized carbons (Fsp3) is 0.364. The van der Waals surface area contributed by atoms with E-state index >= 15 is 0 Å². The van der Waals surface area contributed by atoms with Crippen LogP contribution in [0.15, 0.2) is 35.2 Å². The molecule has 100 valence electrons. The number of carbonyl (C=O) groups is 1. The Balaban J connectivity index is 2.70. The van der Waals surface area contributed by atoms with Crippen LogP contribution in [-0.4, -0.2) is 32.4 Å². The molecule has 0 spiro atoms. The Morgan fingerprint density at radius 3 is 2.56 bits per heavy atom. The fourth-order valence-corrected chi connectivity index (χ4v) is 2.78. The molecular weight excluding hydrogens is 272 g/mol. The Hall–Kier alpha value is -1.05. The van der Waals surface area contributed by atoms with Crippen molar-refractivity contribution >= 4 is 27.7 Å². The first-order valence-electron chi connectivity index (χ1n) is 5.33. The normalized spacial score (nSPS) is 13.0. The Bertz CT molecular complexity index is 488. The van der Waals surface area contributed by atoms with Crippen molar-refractivity contribution in [3.63, 3.8) is 0 Å². The predicted molar refractivity (Wildman–Crippen MR) is 72.7 cm³/mol. The molecule has 1 atom stereocenters. The van der Waals surface area contributed by atoms with Gasteiger partial charge in [0.15, 0.2) is 0 Å². The van der Waals surface area contributed by atoms with Gasteiger partial charge < -0.3 is 5.73 Å². The molecule has 0 fully saturated rings. The van der Waals surface area contributed by atoms with Crippen LogP contribution >= 0.6 is 11.8 Å². The number of thioether (sulfide) groups is 1. The first-order valence-corrected chi connectivity index (χ1v) is 8.21. The molecule has 0 saturated carbocycles. The van der Waals surface area contributed by atoms with Gasteiger partial charge in [-0.2, -0.15) is 11.8 Å². The molecule has 0 aliphatic carbocycles. The van der Waals surface area contributed by atoms with Crippen molar-refractivity contribution in [2.24, 2.45) is 5.73 Å². The summed E-state index contributed by atoms with van der Waals surface area (Å²) in [5, 5.41) is 0. The van der Waals surface area contributed by atoms with Crippen LogP contribution in [0.4, 0.5) is 0 Å². The second-order valence-electron chi connectivity index (χ2n) is 3.67. The van der Waals surface area contributed by atoms with Crippen LogP contribution < -0.4 is 10.5 Å². The van der Waals surface area contributed by atoms with Gasteiger partial charge in [0.05, 0.1) is 10.9 Å². The predicted octanol–water partition coefficient (Wildman–Crippen LogP) is 0.572. The summed E-state index contributed by atoms with van der Waals surface area (Å²) in [5.41, 5.74) is 5.60. The quantitative estimate of drug-likeness (QED) is 0.799. The molecule has 1 aromatic rings. The maximum atomic E-state index is 11.8. The van der Waals surface area contributed by atoms with E-state index in [0.717, 1.165) is 0 Å². The van der Waals surface area contributed by atoms with Gasteiger partial charge in [-0.3, -0.25) is 4.79 Å². The van der Waals surface area contributed by atoms with E-state index in [1.165, 1.54) is 12.1 Å². The number of sulfonamides is 1. The van der Waals surface area contributed by atoms with Gasteiger partial charge in [-0.25, -0.2) is 13.1 Å². The van der Waals surface area contributed by atoms with Gasteiger partial charge in [-0.15, -0.1) is 0 Å². The molecule has 0 aliphatic heterocycles. The second kappa shape index (κ2) is 6.77. The third-order valence-corrected chi connectivity index (χ3v) is 4.26. The van der Waals surface area contributed by atoms with Gasteiger partial charge in [-0.05, 0) is 30.6 Å². The third kappa shape index (κ3) is 4.32. The highest BCUT2D eigenvalue weighted by Gasteiger charge is 2.21. The zero-order chi connectivity index (χ0) is 13.6. The summed E-state index contributed by atoms with van der Waals surface area (Å²) in [4.78, 5) is 11.7. The molecule has 0 aliphatic rings. The van der Waals surface area contributed by atoms with Crippen molar-refractivity contribution in [1.29, 1.82) is 0 Å². The minimum absolute atomic E-state index is 0.0513. The lowest BCUT2D eigenvalue weighted by atomic mass is 10.2. The van der Waals surface area contributed by atoms with Crippen LogP contribution in [0.5, 0.6) is 0 Å². The van der Waals surface area contributed by atoms with Crippen LogP contribution in [0.3, 0.4) is 0 Å². The van der Waals surface area contributed by atoms with Gasteiger partial charge in [0.2, 0.25) is 0 Å². The molecule has 3 N–H and O–H groups in total. The van der Waals surface area contributed by atoms with Gasteiger partial charge in [0.1, 0.15) is 0 Å². The summed E-state index contributed by atoms with van der Waals surface area (Å²) in [7, 11) is -3.82. The second-order valence-corrected chi connectivity index (χ2v) is 6.34. The topological polar surface area (TPSA) is 89.3 Å². The summed E-state index contributed by atoms with van der Waals surface area (Å²) in [6, 6.07) is 6.91. The summed E-state index contributed by atoms with van der Waals surface area (Å²) < 4.78 is 25.6. The monoisotopic (exact) mass is 288 g/mol.